The first-order valence-corrected chi connectivity index (χ1v) is 11.2. The van der Waals surface area contributed by atoms with Crippen molar-refractivity contribution in [1.82, 2.24) is 10.6 Å². The first-order chi connectivity index (χ1) is 11.2. The molecule has 0 aromatic heterocycles. The van der Waals surface area contributed by atoms with Crippen LogP contribution in [0.15, 0.2) is 16.6 Å². The van der Waals surface area contributed by atoms with Crippen LogP contribution in [-0.4, -0.2) is 46.0 Å². The highest BCUT2D eigenvalue weighted by Crippen LogP contribution is 2.21. The monoisotopic (exact) mass is 357 g/mol. The number of nitrogens with zero attached hydrogens (tertiary/aromatic N) is 1. The summed E-state index contributed by atoms with van der Waals surface area (Å²) in [5.74, 6) is 1.04. The number of hydrogen-bond donors (Lipinski definition) is 2. The summed E-state index contributed by atoms with van der Waals surface area (Å²) in [7, 11) is -2.92. The van der Waals surface area contributed by atoms with E-state index in [1.165, 1.54) is 31.9 Å². The van der Waals surface area contributed by atoms with E-state index in [4.69, 9.17) is 0 Å². The predicted molar refractivity (Wildman–Crippen MR) is 103 cm³/mol. The van der Waals surface area contributed by atoms with Crippen molar-refractivity contribution in [2.75, 3.05) is 31.6 Å². The molecular weight excluding hydrogens is 322 g/mol. The van der Waals surface area contributed by atoms with Crippen LogP contribution in [0.25, 0.3) is 0 Å². The summed E-state index contributed by atoms with van der Waals surface area (Å²) >= 11 is 0. The number of aliphatic imine (C=N–C) groups is 1. The zero-order chi connectivity index (χ0) is 18.1. The Morgan fingerprint density at radius 1 is 1.29 bits per heavy atom. The number of guanidine groups is 1. The van der Waals surface area contributed by atoms with Gasteiger partial charge in [0, 0.05) is 25.9 Å². The van der Waals surface area contributed by atoms with Crippen LogP contribution in [0, 0.1) is 5.41 Å². The molecule has 24 heavy (non-hydrogen) atoms. The van der Waals surface area contributed by atoms with Gasteiger partial charge in [0.15, 0.2) is 5.96 Å². The molecular formula is C18H35N3O2S. The highest BCUT2D eigenvalue weighted by molar-refractivity contribution is 7.90. The molecule has 140 valence electrons. The molecule has 0 aromatic rings. The number of allylic oxidation sites excluding steroid dienone is 1. The summed E-state index contributed by atoms with van der Waals surface area (Å²) < 4.78 is 22.7. The lowest BCUT2D eigenvalue weighted by molar-refractivity contribution is 0.365. The number of sulfone groups is 1. The van der Waals surface area contributed by atoms with Gasteiger partial charge < -0.3 is 10.6 Å². The fraction of sp³-hybridized carbons (Fsp3) is 0.833. The smallest absolute Gasteiger partial charge is 0.191 e. The molecule has 0 unspecified atom stereocenters. The molecule has 0 bridgehead atoms. The van der Waals surface area contributed by atoms with Gasteiger partial charge >= 0.3 is 0 Å². The quantitative estimate of drug-likeness (QED) is 0.378. The lowest BCUT2D eigenvalue weighted by Gasteiger charge is -2.23. The fourth-order valence-corrected chi connectivity index (χ4v) is 3.57. The van der Waals surface area contributed by atoms with Gasteiger partial charge in [0.25, 0.3) is 0 Å². The van der Waals surface area contributed by atoms with E-state index >= 15 is 0 Å². The maximum atomic E-state index is 11.3. The Morgan fingerprint density at radius 3 is 2.62 bits per heavy atom. The summed E-state index contributed by atoms with van der Waals surface area (Å²) in [6.07, 6.45) is 10.5. The van der Waals surface area contributed by atoms with Crippen molar-refractivity contribution >= 4 is 15.8 Å². The molecule has 0 spiro atoms. The molecule has 0 amide bonds. The van der Waals surface area contributed by atoms with Crippen molar-refractivity contribution < 1.29 is 8.42 Å². The van der Waals surface area contributed by atoms with E-state index in [1.807, 2.05) is 0 Å². The predicted octanol–water partition coefficient (Wildman–Crippen LogP) is 2.89. The molecule has 0 saturated heterocycles. The molecule has 0 aromatic carbocycles. The van der Waals surface area contributed by atoms with Crippen LogP contribution in [0.1, 0.15) is 59.3 Å². The standard InChI is InChI=1S/C18H35N3O2S/c1-5-19-17(20-13-11-16-9-7-6-8-10-16)21-15-18(2,3)12-14-24(4,22)23/h9H,5-8,10-15H2,1-4H3,(H2,19,20,21). The maximum absolute atomic E-state index is 11.3. The lowest BCUT2D eigenvalue weighted by Crippen LogP contribution is -2.38. The van der Waals surface area contributed by atoms with Gasteiger partial charge in [-0.1, -0.05) is 25.5 Å². The topological polar surface area (TPSA) is 70.6 Å². The van der Waals surface area contributed by atoms with E-state index in [0.717, 1.165) is 25.5 Å². The third kappa shape index (κ3) is 9.96. The van der Waals surface area contributed by atoms with Gasteiger partial charge in [0.1, 0.15) is 9.84 Å². The third-order valence-electron chi connectivity index (χ3n) is 4.28. The van der Waals surface area contributed by atoms with Gasteiger partial charge in [-0.3, -0.25) is 4.99 Å². The Bertz CT molecular complexity index is 536. The van der Waals surface area contributed by atoms with Crippen molar-refractivity contribution in [2.24, 2.45) is 10.4 Å². The highest BCUT2D eigenvalue weighted by Gasteiger charge is 2.20. The fourth-order valence-electron chi connectivity index (χ4n) is 2.65. The molecule has 1 aliphatic rings. The van der Waals surface area contributed by atoms with Crippen LogP contribution in [0.5, 0.6) is 0 Å². The summed E-state index contributed by atoms with van der Waals surface area (Å²) in [5.41, 5.74) is 1.43. The molecule has 0 fully saturated rings. The molecule has 6 heteroatoms. The zero-order valence-electron chi connectivity index (χ0n) is 15.8. The number of rotatable bonds is 9. The van der Waals surface area contributed by atoms with Crippen molar-refractivity contribution in [3.8, 4) is 0 Å². The molecule has 0 saturated carbocycles. The normalized spacial score (nSPS) is 16.7. The minimum atomic E-state index is -2.92. The number of hydrogen-bond acceptors (Lipinski definition) is 3. The Hall–Kier alpha value is -1.04. The molecule has 0 heterocycles. The second-order valence-corrected chi connectivity index (χ2v) is 9.78. The zero-order valence-corrected chi connectivity index (χ0v) is 16.6. The van der Waals surface area contributed by atoms with Gasteiger partial charge in [-0.2, -0.15) is 0 Å². The van der Waals surface area contributed by atoms with Gasteiger partial charge in [-0.05, 0) is 50.9 Å². The Morgan fingerprint density at radius 2 is 2.04 bits per heavy atom. The minimum Gasteiger partial charge on any atom is -0.357 e. The molecule has 5 nitrogen and oxygen atoms in total. The van der Waals surface area contributed by atoms with Crippen LogP contribution in [0.2, 0.25) is 0 Å². The lowest BCUT2D eigenvalue weighted by atomic mass is 9.90. The van der Waals surface area contributed by atoms with E-state index < -0.39 is 9.84 Å². The van der Waals surface area contributed by atoms with Crippen molar-refractivity contribution in [3.05, 3.63) is 11.6 Å². The molecule has 0 atom stereocenters. The van der Waals surface area contributed by atoms with Crippen LogP contribution < -0.4 is 10.6 Å². The van der Waals surface area contributed by atoms with Crippen molar-refractivity contribution in [2.45, 2.75) is 59.3 Å². The van der Waals surface area contributed by atoms with Crippen molar-refractivity contribution in [1.29, 1.82) is 0 Å². The average molecular weight is 358 g/mol. The van der Waals surface area contributed by atoms with E-state index in [2.05, 4.69) is 42.5 Å². The van der Waals surface area contributed by atoms with Crippen molar-refractivity contribution in [3.63, 3.8) is 0 Å². The summed E-state index contributed by atoms with van der Waals surface area (Å²) in [5, 5.41) is 6.66. The summed E-state index contributed by atoms with van der Waals surface area (Å²) in [6, 6.07) is 0. The molecule has 0 radical (unpaired) electrons. The summed E-state index contributed by atoms with van der Waals surface area (Å²) in [4.78, 5) is 4.65. The maximum Gasteiger partial charge on any atom is 0.191 e. The van der Waals surface area contributed by atoms with E-state index in [9.17, 15) is 8.42 Å². The first kappa shape index (κ1) is 21.0. The van der Waals surface area contributed by atoms with Crippen LogP contribution >= 0.6 is 0 Å². The van der Waals surface area contributed by atoms with Gasteiger partial charge in [-0.25, -0.2) is 8.42 Å². The van der Waals surface area contributed by atoms with Gasteiger partial charge in [0.2, 0.25) is 0 Å². The average Bonchev–Trinajstić information content (AvgIpc) is 2.51. The van der Waals surface area contributed by atoms with Crippen LogP contribution in [0.3, 0.4) is 0 Å². The first-order valence-electron chi connectivity index (χ1n) is 9.10. The van der Waals surface area contributed by atoms with E-state index in [0.29, 0.717) is 13.0 Å². The second kappa shape index (κ2) is 10.1. The third-order valence-corrected chi connectivity index (χ3v) is 5.23. The van der Waals surface area contributed by atoms with E-state index in [1.54, 1.807) is 5.57 Å². The van der Waals surface area contributed by atoms with Crippen LogP contribution in [-0.2, 0) is 9.84 Å². The SMILES string of the molecule is CCNC(=NCC(C)(C)CCS(C)(=O)=O)NCCC1=CCCCC1. The van der Waals surface area contributed by atoms with Crippen LogP contribution in [0.4, 0.5) is 0 Å². The molecule has 2 N–H and O–H groups in total. The summed E-state index contributed by atoms with van der Waals surface area (Å²) in [6.45, 7) is 8.51. The number of nitrogens with one attached hydrogen (secondary N) is 2. The molecule has 0 aliphatic heterocycles. The Labute approximate surface area is 148 Å². The Balaban J connectivity index is 2.46. The second-order valence-electron chi connectivity index (χ2n) is 7.52. The Kier molecular flexibility index (Phi) is 8.81. The highest BCUT2D eigenvalue weighted by atomic mass is 32.2. The van der Waals surface area contributed by atoms with Gasteiger partial charge in [-0.15, -0.1) is 0 Å². The van der Waals surface area contributed by atoms with E-state index in [-0.39, 0.29) is 11.2 Å². The largest absolute Gasteiger partial charge is 0.357 e. The minimum absolute atomic E-state index is 0.128. The molecule has 1 aliphatic carbocycles. The molecule has 1 rings (SSSR count). The van der Waals surface area contributed by atoms with Gasteiger partial charge in [0.05, 0.1) is 5.75 Å².